The van der Waals surface area contributed by atoms with Crippen molar-refractivity contribution in [1.82, 2.24) is 54.1 Å². The van der Waals surface area contributed by atoms with Crippen molar-refractivity contribution < 1.29 is 67.4 Å². The number of hydrogen-bond acceptors (Lipinski definition) is 26. The van der Waals surface area contributed by atoms with Crippen LogP contribution in [-0.2, 0) is 75.2 Å². The molecule has 2 aromatic carbocycles. The van der Waals surface area contributed by atoms with Crippen molar-refractivity contribution in [3.05, 3.63) is 96.6 Å². The Morgan fingerprint density at radius 2 is 0.571 bits per heavy atom. The Morgan fingerprint density at radius 1 is 0.410 bits per heavy atom. The average Bonchev–Trinajstić information content (AvgIpc) is 1.43. The Hall–Kier alpha value is -7.09. The molecule has 27 nitrogen and oxygen atoms in total. The minimum absolute atomic E-state index is 0. The van der Waals surface area contributed by atoms with E-state index in [1.54, 1.807) is 26.8 Å². The first-order chi connectivity index (χ1) is 46.5. The molecule has 0 radical (unpaired) electrons. The van der Waals surface area contributed by atoms with Crippen molar-refractivity contribution in [2.75, 3.05) is 40.8 Å². The molecule has 0 spiro atoms. The van der Waals surface area contributed by atoms with E-state index in [2.05, 4.69) is 197 Å². The lowest BCUT2D eigenvalue weighted by molar-refractivity contribution is -0.129. The average molecular weight is 1540 g/mol. The highest BCUT2D eigenvalue weighted by Gasteiger charge is 2.11. The maximum atomic E-state index is 10.7. The van der Waals surface area contributed by atoms with Gasteiger partial charge in [-0.2, -0.15) is 0 Å². The first-order valence-electron chi connectivity index (χ1n) is 32.7. The molecule has 0 bridgehead atoms. The summed E-state index contributed by atoms with van der Waals surface area (Å²) in [5, 5.41) is 8.06. The Labute approximate surface area is 652 Å². The molecule has 0 aromatic heterocycles. The zero-order valence-corrected chi connectivity index (χ0v) is 74.7. The summed E-state index contributed by atoms with van der Waals surface area (Å²) in [5.41, 5.74) is 21.5. The van der Waals surface area contributed by atoms with E-state index < -0.39 is 0 Å². The number of carbonyl (C=O) groups is 13. The van der Waals surface area contributed by atoms with Crippen LogP contribution in [0.25, 0.3) is 0 Å². The predicted molar refractivity (Wildman–Crippen MR) is 474 cm³/mol. The molecule has 1 aliphatic heterocycles. The highest BCUT2D eigenvalue weighted by atomic mass is 16.3. The minimum Gasteiger partial charge on any atom is -0.394 e. The zero-order valence-electron chi connectivity index (χ0n) is 74.7. The summed E-state index contributed by atoms with van der Waals surface area (Å²) in [4.78, 5) is 109. The predicted octanol–water partition coefficient (Wildman–Crippen LogP) is 18.1. The topological polar surface area (TPSA) is 629 Å². The molecular weight excluding hydrogens is 1340 g/mol. The number of likely N-dealkylation sites (tertiary alicyclic amines) is 1. The van der Waals surface area contributed by atoms with Crippen LogP contribution in [0.4, 0.5) is 0 Å². The second-order valence-electron chi connectivity index (χ2n) is 18.2. The second kappa shape index (κ2) is 358. The molecule has 0 saturated carbocycles. The summed E-state index contributed by atoms with van der Waals surface area (Å²) in [7, 11) is 4.50. The van der Waals surface area contributed by atoms with Crippen LogP contribution in [0.2, 0.25) is 0 Å². The smallest absolute Gasteiger partial charge is 0.219 e. The summed E-state index contributed by atoms with van der Waals surface area (Å²) < 4.78 is 0. The third-order valence-corrected chi connectivity index (χ3v) is 8.46. The molecule has 654 valence electrons. The van der Waals surface area contributed by atoms with E-state index in [1.165, 1.54) is 90.1 Å². The number of nitrogens with two attached hydrogens (primary N) is 4. The van der Waals surface area contributed by atoms with Crippen LogP contribution in [0, 0.1) is 29.6 Å². The highest BCUT2D eigenvalue weighted by Crippen LogP contribution is 2.08. The van der Waals surface area contributed by atoms with Crippen molar-refractivity contribution in [2.24, 2.45) is 52.5 Å². The Bertz CT molecular complexity index is 1200. The fourth-order valence-corrected chi connectivity index (χ4v) is 2.98. The van der Waals surface area contributed by atoms with E-state index in [0.29, 0.717) is 0 Å². The number of carbonyl (C=O) groups excluding carboxylic acids is 13. The Morgan fingerprint density at radius 3 is 0.629 bits per heavy atom. The number of aliphatic hydroxyl groups excluding tert-OH is 1. The van der Waals surface area contributed by atoms with Gasteiger partial charge in [0.05, 0.1) is 0 Å². The van der Waals surface area contributed by atoms with Crippen molar-refractivity contribution in [1.29, 1.82) is 0 Å². The normalized spacial score (nSPS) is 7.18. The monoisotopic (exact) mass is 1540 g/mol. The number of unbranched alkanes of at least 4 members (excludes halogenated alkanes) is 1. The minimum atomic E-state index is -0.167. The van der Waals surface area contributed by atoms with Gasteiger partial charge in [-0.05, 0) is 128 Å². The first kappa shape index (κ1) is 218. The number of piperidine rings is 1. The third kappa shape index (κ3) is 641. The number of benzene rings is 2. The van der Waals surface area contributed by atoms with Gasteiger partial charge in [0.25, 0.3) is 0 Å². The van der Waals surface area contributed by atoms with Crippen molar-refractivity contribution >= 4 is 87.4 Å². The summed E-state index contributed by atoms with van der Waals surface area (Å²) >= 11 is 0. The molecule has 1 fully saturated rings. The van der Waals surface area contributed by atoms with Crippen molar-refractivity contribution in [2.45, 2.75) is 257 Å². The second-order valence-corrected chi connectivity index (χ2v) is 18.2. The lowest BCUT2D eigenvalue weighted by Gasteiger charge is -2.24. The third-order valence-electron chi connectivity index (χ3n) is 8.46. The molecule has 1 amide bonds. The van der Waals surface area contributed by atoms with Gasteiger partial charge in [0.15, 0.2) is 0 Å². The quantitative estimate of drug-likeness (QED) is 0.104. The van der Waals surface area contributed by atoms with E-state index in [9.17, 15) is 4.79 Å². The lowest BCUT2D eigenvalue weighted by Crippen LogP contribution is -2.33. The molecule has 0 atom stereocenters. The zero-order chi connectivity index (χ0) is 84.9. The number of hydrogen-bond donors (Lipinski definition) is 13. The van der Waals surface area contributed by atoms with E-state index in [4.69, 9.17) is 68.4 Å². The van der Waals surface area contributed by atoms with Gasteiger partial charge in [0.1, 0.15) is 81.5 Å². The molecule has 1 saturated heterocycles. The van der Waals surface area contributed by atoms with E-state index in [0.717, 1.165) is 62.1 Å². The molecule has 0 aliphatic carbocycles. The number of allylic oxidation sites excluding steroid dienone is 3. The molecule has 3 rings (SSSR count). The van der Waals surface area contributed by atoms with Crippen LogP contribution >= 0.6 is 0 Å². The van der Waals surface area contributed by atoms with Gasteiger partial charge >= 0.3 is 0 Å². The summed E-state index contributed by atoms with van der Waals surface area (Å²) in [6, 6.07) is 20.9. The van der Waals surface area contributed by atoms with Crippen molar-refractivity contribution in [3.63, 3.8) is 0 Å². The van der Waals surface area contributed by atoms with Crippen molar-refractivity contribution in [3.8, 4) is 0 Å². The molecule has 1 heterocycles. The Balaban J connectivity index is -0.0000000168. The van der Waals surface area contributed by atoms with Gasteiger partial charge in [-0.1, -0.05) is 270 Å². The van der Waals surface area contributed by atoms with E-state index >= 15 is 0 Å². The fourth-order valence-electron chi connectivity index (χ4n) is 2.98. The highest BCUT2D eigenvalue weighted by molar-refractivity contribution is 5.73. The van der Waals surface area contributed by atoms with Gasteiger partial charge in [0, 0.05) is 26.1 Å². The Kier molecular flexibility index (Phi) is 744. The molecule has 33 N–H and O–H groups in total. The van der Waals surface area contributed by atoms with E-state index in [1.807, 2.05) is 145 Å². The SMILES string of the molecule is C=C/C=C\C.C=O.C=O.C=O.C=O.C=O.C=O.C=O.C=O.C=O.C=O.C=O.C=O.CC.CC.CC(=O)N1CCCCC1.CC(C)C.CC(C)O.CCC(C)C.CCC(C)C.CCC(C)C.CCC(C)C.CCCCN.CCc1ccccc1.CCc1ccccc1.CN.CN.CN.N.N.N.N.N.N.N.N. The standard InChI is InChI=1S/2C8H10.C7H13NO.4C5H12.C5H8.C4H11N.C4H10.C3H8O.2C2H6.3CH5N.12CH2O.8H3N/c2*1-2-8-6-4-3-5-7-8;1-7(9)8-5-3-2-4-6-8;4*1-4-5(2)3;1-3-5-4-2;1-2-3-4-5;1-4(2)3;1-3(2)4;17*1-2;;;;;;;;/h2*3-7H,2H2,1H3;2-6H2,1H3;4*5H,4H2,1-3H3;3-5H,1H2,2H3;2-5H2,1H3;4H,1-3H3;3-4H,1-2H3;2*1-2H3;3*2H2,1H3;12*1H2;8*1H3/b;;;;;;;5-4-;;;;;;;;;;;;;;;;;;;;;;;;;;;;. The fraction of sp³-hybridized carbons (Fsp3) is 0.628. The maximum Gasteiger partial charge on any atom is 0.219 e. The number of aliphatic hydroxyl groups is 1. The summed E-state index contributed by atoms with van der Waals surface area (Å²) in [6.07, 6.45) is 19.0. The van der Waals surface area contributed by atoms with E-state index in [-0.39, 0.29) is 61.2 Å². The number of amides is 1. The molecule has 105 heavy (non-hydrogen) atoms. The molecule has 0 unspecified atom stereocenters. The van der Waals surface area contributed by atoms with Gasteiger partial charge in [-0.25, -0.2) is 0 Å². The number of aryl methyl sites for hydroxylation is 2. The molecular formula is C78H193N13O14. The summed E-state index contributed by atoms with van der Waals surface area (Å²) in [5.74, 6) is 4.60. The van der Waals surface area contributed by atoms with Crippen LogP contribution in [0.5, 0.6) is 0 Å². The van der Waals surface area contributed by atoms with Gasteiger partial charge < -0.3 is 140 Å². The molecule has 27 heteroatoms. The number of nitrogens with zero attached hydrogens (tertiary/aromatic N) is 1. The van der Waals surface area contributed by atoms with Gasteiger partial charge in [-0.3, -0.25) is 4.79 Å². The molecule has 2 aromatic rings. The summed E-state index contributed by atoms with van der Waals surface area (Å²) in [6.45, 7) is 84.8. The van der Waals surface area contributed by atoms with Gasteiger partial charge in [-0.15, -0.1) is 0 Å². The van der Waals surface area contributed by atoms with Crippen LogP contribution in [-0.4, -0.2) is 144 Å². The van der Waals surface area contributed by atoms with Gasteiger partial charge in [0.2, 0.25) is 5.91 Å². The molecule has 1 aliphatic rings. The van der Waals surface area contributed by atoms with Crippen LogP contribution < -0.4 is 72.1 Å². The first-order valence-corrected chi connectivity index (χ1v) is 32.7. The van der Waals surface area contributed by atoms with Crippen LogP contribution in [0.15, 0.2) is 85.5 Å². The maximum absolute atomic E-state index is 10.7. The number of rotatable bonds is 9. The largest absolute Gasteiger partial charge is 0.394 e. The lowest BCUT2D eigenvalue weighted by atomic mass is 10.1. The van der Waals surface area contributed by atoms with Crippen LogP contribution in [0.1, 0.15) is 249 Å². The van der Waals surface area contributed by atoms with Crippen LogP contribution in [0.3, 0.4) is 0 Å².